The van der Waals surface area contributed by atoms with Gasteiger partial charge >= 0.3 is 0 Å². The molecular formula is C22H30O2. The maximum absolute atomic E-state index is 8.91. The van der Waals surface area contributed by atoms with Crippen LogP contribution < -0.4 is 0 Å². The SMILES string of the molecule is Cc1cc(-c2ccc(CCCCO)c(C)c2)ccc1CCCCO. The summed E-state index contributed by atoms with van der Waals surface area (Å²) in [7, 11) is 0. The van der Waals surface area contributed by atoms with E-state index in [2.05, 4.69) is 50.2 Å². The van der Waals surface area contributed by atoms with Crippen LogP contribution in [0.2, 0.25) is 0 Å². The highest BCUT2D eigenvalue weighted by Gasteiger charge is 2.05. The molecule has 0 heterocycles. The van der Waals surface area contributed by atoms with Gasteiger partial charge < -0.3 is 10.2 Å². The number of aliphatic hydroxyl groups is 2. The molecule has 2 aromatic rings. The molecule has 0 saturated carbocycles. The number of unbranched alkanes of at least 4 members (excludes halogenated alkanes) is 2. The molecule has 130 valence electrons. The van der Waals surface area contributed by atoms with Crippen molar-refractivity contribution >= 4 is 0 Å². The lowest BCUT2D eigenvalue weighted by Gasteiger charge is -2.11. The first-order chi connectivity index (χ1) is 11.7. The number of aryl methyl sites for hydroxylation is 4. The van der Waals surface area contributed by atoms with E-state index < -0.39 is 0 Å². The summed E-state index contributed by atoms with van der Waals surface area (Å²) in [5.74, 6) is 0. The van der Waals surface area contributed by atoms with Crippen LogP contribution in [0.4, 0.5) is 0 Å². The molecule has 2 heteroatoms. The van der Waals surface area contributed by atoms with Crippen LogP contribution in [0.3, 0.4) is 0 Å². The molecule has 2 aromatic carbocycles. The fraction of sp³-hybridized carbons (Fsp3) is 0.455. The van der Waals surface area contributed by atoms with Crippen LogP contribution in [0.1, 0.15) is 47.9 Å². The van der Waals surface area contributed by atoms with Gasteiger partial charge in [-0.25, -0.2) is 0 Å². The number of hydrogen-bond donors (Lipinski definition) is 2. The van der Waals surface area contributed by atoms with Crippen molar-refractivity contribution in [3.63, 3.8) is 0 Å². The van der Waals surface area contributed by atoms with Crippen LogP contribution in [-0.4, -0.2) is 23.4 Å². The Morgan fingerprint density at radius 3 is 1.38 bits per heavy atom. The maximum Gasteiger partial charge on any atom is 0.0431 e. The van der Waals surface area contributed by atoms with Gasteiger partial charge in [-0.15, -0.1) is 0 Å². The summed E-state index contributed by atoms with van der Waals surface area (Å²) in [4.78, 5) is 0. The summed E-state index contributed by atoms with van der Waals surface area (Å²) in [6.07, 6.45) is 5.90. The van der Waals surface area contributed by atoms with Gasteiger partial charge in [0.1, 0.15) is 0 Å². The van der Waals surface area contributed by atoms with Crippen LogP contribution in [-0.2, 0) is 12.8 Å². The van der Waals surface area contributed by atoms with Crippen molar-refractivity contribution in [1.82, 2.24) is 0 Å². The molecular weight excluding hydrogens is 296 g/mol. The van der Waals surface area contributed by atoms with Gasteiger partial charge in [-0.05, 0) is 85.8 Å². The van der Waals surface area contributed by atoms with E-state index in [1.54, 1.807) is 0 Å². The second kappa shape index (κ2) is 9.61. The van der Waals surface area contributed by atoms with Crippen molar-refractivity contribution in [2.45, 2.75) is 52.4 Å². The third-order valence-electron chi connectivity index (χ3n) is 4.73. The minimum Gasteiger partial charge on any atom is -0.396 e. The van der Waals surface area contributed by atoms with Crippen LogP contribution in [0.15, 0.2) is 36.4 Å². The van der Waals surface area contributed by atoms with E-state index in [0.29, 0.717) is 0 Å². The average molecular weight is 326 g/mol. The normalized spacial score (nSPS) is 11.0. The molecule has 2 nitrogen and oxygen atoms in total. The Morgan fingerprint density at radius 1 is 0.625 bits per heavy atom. The minimum absolute atomic E-state index is 0.279. The molecule has 0 aliphatic heterocycles. The Morgan fingerprint density at radius 2 is 1.04 bits per heavy atom. The van der Waals surface area contributed by atoms with E-state index in [1.807, 2.05) is 0 Å². The zero-order valence-corrected chi connectivity index (χ0v) is 15.0. The Bertz CT molecular complexity index is 589. The number of rotatable bonds is 9. The molecule has 0 saturated heterocycles. The van der Waals surface area contributed by atoms with Crippen LogP contribution in [0, 0.1) is 13.8 Å². The summed E-state index contributed by atoms with van der Waals surface area (Å²) in [6.45, 7) is 4.91. The third-order valence-corrected chi connectivity index (χ3v) is 4.73. The summed E-state index contributed by atoms with van der Waals surface area (Å²) in [5, 5.41) is 17.8. The average Bonchev–Trinajstić information content (AvgIpc) is 2.58. The van der Waals surface area contributed by atoms with Crippen molar-refractivity contribution in [1.29, 1.82) is 0 Å². The molecule has 0 amide bonds. The minimum atomic E-state index is 0.279. The van der Waals surface area contributed by atoms with E-state index in [1.165, 1.54) is 33.4 Å². The molecule has 0 unspecified atom stereocenters. The van der Waals surface area contributed by atoms with Crippen molar-refractivity contribution in [2.24, 2.45) is 0 Å². The van der Waals surface area contributed by atoms with Crippen molar-refractivity contribution in [3.8, 4) is 11.1 Å². The van der Waals surface area contributed by atoms with Gasteiger partial charge in [-0.3, -0.25) is 0 Å². The Labute approximate surface area is 146 Å². The summed E-state index contributed by atoms with van der Waals surface area (Å²) < 4.78 is 0. The van der Waals surface area contributed by atoms with E-state index in [9.17, 15) is 0 Å². The number of hydrogen-bond acceptors (Lipinski definition) is 2. The fourth-order valence-electron chi connectivity index (χ4n) is 3.17. The van der Waals surface area contributed by atoms with E-state index in [0.717, 1.165) is 38.5 Å². The predicted octanol–water partition coefficient (Wildman–Crippen LogP) is 4.60. The molecule has 0 atom stereocenters. The first-order valence-electron chi connectivity index (χ1n) is 9.07. The smallest absolute Gasteiger partial charge is 0.0431 e. The molecule has 0 fully saturated rings. The molecule has 24 heavy (non-hydrogen) atoms. The highest BCUT2D eigenvalue weighted by atomic mass is 16.3. The molecule has 2 rings (SSSR count). The van der Waals surface area contributed by atoms with Crippen LogP contribution >= 0.6 is 0 Å². The van der Waals surface area contributed by atoms with Gasteiger partial charge in [0.2, 0.25) is 0 Å². The lowest BCUT2D eigenvalue weighted by Crippen LogP contribution is -1.94. The predicted molar refractivity (Wildman–Crippen MR) is 101 cm³/mol. The van der Waals surface area contributed by atoms with E-state index >= 15 is 0 Å². The first kappa shape index (κ1) is 18.7. The molecule has 0 aliphatic carbocycles. The summed E-state index contributed by atoms with van der Waals surface area (Å²) in [6, 6.07) is 13.4. The Balaban J connectivity index is 2.10. The van der Waals surface area contributed by atoms with Gasteiger partial charge in [0.05, 0.1) is 0 Å². The standard InChI is InChI=1S/C22H30O2/c1-17-15-21(11-9-19(17)7-3-5-13-23)22-12-10-20(18(2)16-22)8-4-6-14-24/h9-12,15-16,23-24H,3-8,13-14H2,1-2H3. The second-order valence-corrected chi connectivity index (χ2v) is 6.64. The third kappa shape index (κ3) is 5.19. The molecule has 0 aliphatic rings. The molecule has 0 radical (unpaired) electrons. The molecule has 0 spiro atoms. The lowest BCUT2D eigenvalue weighted by atomic mass is 9.94. The summed E-state index contributed by atoms with van der Waals surface area (Å²) >= 11 is 0. The highest BCUT2D eigenvalue weighted by molar-refractivity contribution is 5.66. The molecule has 0 aromatic heterocycles. The van der Waals surface area contributed by atoms with E-state index in [4.69, 9.17) is 10.2 Å². The monoisotopic (exact) mass is 326 g/mol. The van der Waals surface area contributed by atoms with Gasteiger partial charge in [-0.2, -0.15) is 0 Å². The van der Waals surface area contributed by atoms with Crippen molar-refractivity contribution in [2.75, 3.05) is 13.2 Å². The lowest BCUT2D eigenvalue weighted by molar-refractivity contribution is 0.284. The van der Waals surface area contributed by atoms with Gasteiger partial charge in [0, 0.05) is 13.2 Å². The Kier molecular flexibility index (Phi) is 7.48. The molecule has 2 N–H and O–H groups in total. The van der Waals surface area contributed by atoms with Crippen molar-refractivity contribution < 1.29 is 10.2 Å². The quantitative estimate of drug-likeness (QED) is 0.661. The zero-order valence-electron chi connectivity index (χ0n) is 15.0. The topological polar surface area (TPSA) is 40.5 Å². The first-order valence-corrected chi connectivity index (χ1v) is 9.07. The Hall–Kier alpha value is -1.64. The van der Waals surface area contributed by atoms with Gasteiger partial charge in [-0.1, -0.05) is 36.4 Å². The second-order valence-electron chi connectivity index (χ2n) is 6.64. The highest BCUT2D eigenvalue weighted by Crippen LogP contribution is 2.26. The van der Waals surface area contributed by atoms with Crippen molar-refractivity contribution in [3.05, 3.63) is 58.7 Å². The molecule has 0 bridgehead atoms. The number of benzene rings is 2. The largest absolute Gasteiger partial charge is 0.396 e. The van der Waals surface area contributed by atoms with Crippen LogP contribution in [0.25, 0.3) is 11.1 Å². The zero-order chi connectivity index (χ0) is 17.4. The fourth-order valence-corrected chi connectivity index (χ4v) is 3.17. The maximum atomic E-state index is 8.91. The van der Waals surface area contributed by atoms with Gasteiger partial charge in [0.25, 0.3) is 0 Å². The van der Waals surface area contributed by atoms with Gasteiger partial charge in [0.15, 0.2) is 0 Å². The van der Waals surface area contributed by atoms with E-state index in [-0.39, 0.29) is 13.2 Å². The summed E-state index contributed by atoms with van der Waals surface area (Å²) in [5.41, 5.74) is 7.95. The number of aliphatic hydroxyl groups excluding tert-OH is 2. The van der Waals surface area contributed by atoms with Crippen LogP contribution in [0.5, 0.6) is 0 Å².